The van der Waals surface area contributed by atoms with Crippen LogP contribution in [-0.2, 0) is 9.53 Å². The van der Waals surface area contributed by atoms with E-state index in [0.717, 1.165) is 43.4 Å². The van der Waals surface area contributed by atoms with Crippen molar-refractivity contribution in [3.8, 4) is 6.07 Å². The number of ether oxygens (including phenoxy) is 1. The fourth-order valence-corrected chi connectivity index (χ4v) is 6.99. The van der Waals surface area contributed by atoms with Crippen molar-refractivity contribution in [3.63, 3.8) is 0 Å². The van der Waals surface area contributed by atoms with E-state index in [9.17, 15) is 4.79 Å². The summed E-state index contributed by atoms with van der Waals surface area (Å²) in [6.45, 7) is 5.50. The molecule has 3 nitrogen and oxygen atoms in total. The highest BCUT2D eigenvalue weighted by Crippen LogP contribution is 2.66. The molecule has 3 fully saturated rings. The lowest BCUT2D eigenvalue weighted by Gasteiger charge is -2.57. The monoisotopic (exact) mass is 339 g/mol. The van der Waals surface area contributed by atoms with Gasteiger partial charge in [0.2, 0.25) is 0 Å². The number of fused-ring (bicyclic) bond motifs is 5. The standard InChI is InChI=1S/C22H29NO2/c1-21-11-8-20-18(19(21)6-4-15(21)9-12-23)5-3-16-13-17(25-14-24)7-10-22(16,20)2/h3,9,14,17-20H,4-8,10-11,13H2,1-2H3. The van der Waals surface area contributed by atoms with E-state index in [1.54, 1.807) is 5.57 Å². The van der Waals surface area contributed by atoms with Gasteiger partial charge in [0, 0.05) is 12.5 Å². The predicted molar refractivity (Wildman–Crippen MR) is 96.3 cm³/mol. The summed E-state index contributed by atoms with van der Waals surface area (Å²) in [4.78, 5) is 10.7. The number of carbonyl (C=O) groups excluding carboxylic acids is 1. The van der Waals surface area contributed by atoms with Crippen LogP contribution in [0.1, 0.15) is 65.2 Å². The van der Waals surface area contributed by atoms with Gasteiger partial charge in [-0.3, -0.25) is 4.79 Å². The Bertz CT molecular complexity index is 672. The van der Waals surface area contributed by atoms with Gasteiger partial charge in [0.15, 0.2) is 0 Å². The van der Waals surface area contributed by atoms with E-state index in [-0.39, 0.29) is 16.9 Å². The Morgan fingerprint density at radius 2 is 1.96 bits per heavy atom. The van der Waals surface area contributed by atoms with Crippen LogP contribution in [0.5, 0.6) is 0 Å². The highest BCUT2D eigenvalue weighted by molar-refractivity contribution is 5.38. The third-order valence-corrected chi connectivity index (χ3v) is 8.39. The van der Waals surface area contributed by atoms with Gasteiger partial charge in [0.25, 0.3) is 6.47 Å². The first-order chi connectivity index (χ1) is 12.0. The molecular formula is C22H29NO2. The van der Waals surface area contributed by atoms with Crippen LogP contribution in [0.25, 0.3) is 0 Å². The fourth-order valence-electron chi connectivity index (χ4n) is 6.99. The predicted octanol–water partition coefficient (Wildman–Crippen LogP) is 4.94. The largest absolute Gasteiger partial charge is 0.464 e. The molecule has 4 aliphatic carbocycles. The first-order valence-corrected chi connectivity index (χ1v) is 9.90. The van der Waals surface area contributed by atoms with Crippen molar-refractivity contribution in [2.24, 2.45) is 28.6 Å². The van der Waals surface area contributed by atoms with Gasteiger partial charge in [0.1, 0.15) is 6.10 Å². The maximum absolute atomic E-state index is 10.7. The number of nitrogens with zero attached hydrogens (tertiary/aromatic N) is 1. The summed E-state index contributed by atoms with van der Waals surface area (Å²) in [6.07, 6.45) is 13.5. The first kappa shape index (κ1) is 16.9. The maximum Gasteiger partial charge on any atom is 0.293 e. The molecule has 0 aliphatic heterocycles. The van der Waals surface area contributed by atoms with Crippen LogP contribution >= 0.6 is 0 Å². The Balaban J connectivity index is 1.62. The minimum Gasteiger partial charge on any atom is -0.464 e. The third kappa shape index (κ3) is 2.40. The Hall–Kier alpha value is -1.56. The normalized spacial score (nSPS) is 47.1. The Morgan fingerprint density at radius 3 is 2.72 bits per heavy atom. The molecule has 4 aliphatic rings. The van der Waals surface area contributed by atoms with Gasteiger partial charge >= 0.3 is 0 Å². The number of carbonyl (C=O) groups is 1. The summed E-state index contributed by atoms with van der Waals surface area (Å²) < 4.78 is 5.28. The summed E-state index contributed by atoms with van der Waals surface area (Å²) in [5.74, 6) is 2.23. The molecule has 134 valence electrons. The zero-order chi connectivity index (χ0) is 17.7. The van der Waals surface area contributed by atoms with Gasteiger partial charge in [-0.25, -0.2) is 0 Å². The van der Waals surface area contributed by atoms with Gasteiger partial charge < -0.3 is 4.74 Å². The molecule has 0 bridgehead atoms. The van der Waals surface area contributed by atoms with E-state index in [4.69, 9.17) is 10.00 Å². The van der Waals surface area contributed by atoms with Crippen molar-refractivity contribution in [3.05, 3.63) is 23.3 Å². The molecule has 6 unspecified atom stereocenters. The van der Waals surface area contributed by atoms with E-state index in [2.05, 4.69) is 26.0 Å². The zero-order valence-corrected chi connectivity index (χ0v) is 15.5. The van der Waals surface area contributed by atoms with Gasteiger partial charge in [-0.15, -0.1) is 0 Å². The first-order valence-electron chi connectivity index (χ1n) is 9.90. The zero-order valence-electron chi connectivity index (χ0n) is 15.5. The van der Waals surface area contributed by atoms with Crippen molar-refractivity contribution >= 4 is 6.47 Å². The lowest BCUT2D eigenvalue weighted by Crippen LogP contribution is -2.49. The summed E-state index contributed by atoms with van der Waals surface area (Å²) in [5, 5.41) is 9.16. The van der Waals surface area contributed by atoms with Crippen LogP contribution in [0.3, 0.4) is 0 Å². The minimum absolute atomic E-state index is 0.0823. The maximum atomic E-state index is 10.7. The van der Waals surface area contributed by atoms with Gasteiger partial charge in [0.05, 0.1) is 6.07 Å². The molecule has 0 amide bonds. The van der Waals surface area contributed by atoms with Crippen molar-refractivity contribution in [2.75, 3.05) is 0 Å². The number of allylic oxidation sites excluding steroid dienone is 3. The van der Waals surface area contributed by atoms with Crippen LogP contribution < -0.4 is 0 Å². The van der Waals surface area contributed by atoms with E-state index in [0.29, 0.717) is 6.47 Å². The smallest absolute Gasteiger partial charge is 0.293 e. The molecule has 25 heavy (non-hydrogen) atoms. The summed E-state index contributed by atoms with van der Waals surface area (Å²) in [5.41, 5.74) is 3.48. The molecule has 0 saturated heterocycles. The Kier molecular flexibility index (Phi) is 4.06. The van der Waals surface area contributed by atoms with Crippen molar-refractivity contribution < 1.29 is 9.53 Å². The second-order valence-electron chi connectivity index (χ2n) is 9.15. The average Bonchev–Trinajstić information content (AvgIpc) is 2.93. The average molecular weight is 339 g/mol. The molecule has 0 heterocycles. The molecule has 6 atom stereocenters. The molecule has 0 aromatic rings. The number of hydrogen-bond acceptors (Lipinski definition) is 3. The Labute approximate surface area is 151 Å². The van der Waals surface area contributed by atoms with E-state index in [1.165, 1.54) is 31.3 Å². The van der Waals surface area contributed by atoms with Crippen LogP contribution in [0, 0.1) is 39.9 Å². The van der Waals surface area contributed by atoms with Crippen LogP contribution in [0.2, 0.25) is 0 Å². The number of nitriles is 1. The number of rotatable bonds is 2. The van der Waals surface area contributed by atoms with Crippen molar-refractivity contribution in [2.45, 2.75) is 71.3 Å². The minimum atomic E-state index is 0.0823. The highest BCUT2D eigenvalue weighted by atomic mass is 16.5. The van der Waals surface area contributed by atoms with E-state index >= 15 is 0 Å². The molecule has 0 aromatic heterocycles. The summed E-state index contributed by atoms with van der Waals surface area (Å²) in [7, 11) is 0. The highest BCUT2D eigenvalue weighted by Gasteiger charge is 2.57. The molecule has 0 aromatic carbocycles. The molecule has 3 saturated carbocycles. The Morgan fingerprint density at radius 1 is 1.20 bits per heavy atom. The van der Waals surface area contributed by atoms with Crippen molar-refractivity contribution in [1.82, 2.24) is 0 Å². The SMILES string of the molecule is CC12CCC3C(CC=C4CC(OC=O)CCC43C)C1CCC2=CC#N. The van der Waals surface area contributed by atoms with Crippen LogP contribution in [-0.4, -0.2) is 12.6 Å². The topological polar surface area (TPSA) is 50.1 Å². The molecule has 0 spiro atoms. The van der Waals surface area contributed by atoms with Gasteiger partial charge in [-0.2, -0.15) is 5.26 Å². The molecular weight excluding hydrogens is 310 g/mol. The van der Waals surface area contributed by atoms with Crippen LogP contribution in [0.4, 0.5) is 0 Å². The molecule has 0 radical (unpaired) electrons. The van der Waals surface area contributed by atoms with Gasteiger partial charge in [-0.05, 0) is 73.5 Å². The summed E-state index contributed by atoms with van der Waals surface area (Å²) in [6, 6.07) is 2.29. The third-order valence-electron chi connectivity index (χ3n) is 8.39. The van der Waals surface area contributed by atoms with Gasteiger partial charge in [-0.1, -0.05) is 31.1 Å². The van der Waals surface area contributed by atoms with Crippen LogP contribution in [0.15, 0.2) is 23.3 Å². The number of hydrogen-bond donors (Lipinski definition) is 0. The second-order valence-corrected chi connectivity index (χ2v) is 9.15. The lowest BCUT2D eigenvalue weighted by molar-refractivity contribution is -0.135. The second kappa shape index (κ2) is 6.01. The van der Waals surface area contributed by atoms with E-state index in [1.807, 2.05) is 6.08 Å². The quantitative estimate of drug-likeness (QED) is 0.407. The summed E-state index contributed by atoms with van der Waals surface area (Å²) >= 11 is 0. The fraction of sp³-hybridized carbons (Fsp3) is 0.727. The van der Waals surface area contributed by atoms with E-state index < -0.39 is 0 Å². The molecule has 3 heteroatoms. The lowest BCUT2D eigenvalue weighted by atomic mass is 9.48. The molecule has 0 N–H and O–H groups in total. The van der Waals surface area contributed by atoms with Crippen molar-refractivity contribution in [1.29, 1.82) is 5.26 Å². The molecule has 4 rings (SSSR count).